The molecule has 1 aliphatic rings. The molecular formula is C19H21ClN2O3S. The van der Waals surface area contributed by atoms with Crippen LogP contribution in [0.3, 0.4) is 0 Å². The van der Waals surface area contributed by atoms with Crippen molar-refractivity contribution in [2.45, 2.75) is 37.6 Å². The Hall–Kier alpha value is -2.05. The molecule has 0 unspecified atom stereocenters. The Kier molecular flexibility index (Phi) is 5.25. The number of carbonyl (C=O) groups excluding carboxylic acids is 1. The van der Waals surface area contributed by atoms with Gasteiger partial charge in [0.2, 0.25) is 0 Å². The van der Waals surface area contributed by atoms with Crippen molar-refractivity contribution in [3.8, 4) is 0 Å². The van der Waals surface area contributed by atoms with Crippen molar-refractivity contribution in [3.63, 3.8) is 0 Å². The van der Waals surface area contributed by atoms with E-state index in [4.69, 9.17) is 11.6 Å². The molecule has 0 aromatic heterocycles. The first-order valence-electron chi connectivity index (χ1n) is 8.48. The van der Waals surface area contributed by atoms with Crippen LogP contribution >= 0.6 is 11.6 Å². The topological polar surface area (TPSA) is 66.5 Å². The molecule has 1 amide bonds. The molecule has 0 spiro atoms. The molecule has 1 fully saturated rings. The minimum Gasteiger partial charge on any atom is -0.336 e. The number of hydrogen-bond acceptors (Lipinski definition) is 3. The predicted octanol–water partition coefficient (Wildman–Crippen LogP) is 4.07. The molecule has 2 aromatic rings. The van der Waals surface area contributed by atoms with Crippen LogP contribution in [0.15, 0.2) is 47.4 Å². The van der Waals surface area contributed by atoms with Crippen LogP contribution in [0.25, 0.3) is 0 Å². The van der Waals surface area contributed by atoms with Gasteiger partial charge in [0.1, 0.15) is 0 Å². The fraction of sp³-hybridized carbons (Fsp3) is 0.316. The van der Waals surface area contributed by atoms with E-state index >= 15 is 0 Å². The maximum Gasteiger partial charge on any atom is 0.261 e. The van der Waals surface area contributed by atoms with Crippen molar-refractivity contribution in [2.24, 2.45) is 0 Å². The number of likely N-dealkylation sites (tertiary alicyclic amines) is 1. The van der Waals surface area contributed by atoms with Gasteiger partial charge in [-0.3, -0.25) is 9.52 Å². The molecule has 0 saturated carbocycles. The molecule has 1 heterocycles. The summed E-state index contributed by atoms with van der Waals surface area (Å²) in [6.07, 6.45) is 1.99. The van der Waals surface area contributed by atoms with Crippen molar-refractivity contribution in [3.05, 3.63) is 58.6 Å². The highest BCUT2D eigenvalue weighted by atomic mass is 35.5. The third kappa shape index (κ3) is 3.86. The second kappa shape index (κ2) is 7.29. The van der Waals surface area contributed by atoms with E-state index in [1.807, 2.05) is 11.8 Å². The summed E-state index contributed by atoms with van der Waals surface area (Å²) in [6.45, 7) is 4.51. The highest BCUT2D eigenvalue weighted by Crippen LogP contribution is 2.24. The highest BCUT2D eigenvalue weighted by molar-refractivity contribution is 7.92. The molecule has 1 N–H and O–H groups in total. The Morgan fingerprint density at radius 1 is 1.23 bits per heavy atom. The van der Waals surface area contributed by atoms with Gasteiger partial charge < -0.3 is 4.90 Å². The Morgan fingerprint density at radius 2 is 2.00 bits per heavy atom. The summed E-state index contributed by atoms with van der Waals surface area (Å²) < 4.78 is 27.7. The number of nitrogens with one attached hydrogen (secondary N) is 1. The lowest BCUT2D eigenvalue weighted by molar-refractivity contribution is 0.0747. The van der Waals surface area contributed by atoms with Gasteiger partial charge in [0.15, 0.2) is 0 Å². The first-order chi connectivity index (χ1) is 12.3. The number of benzene rings is 2. The summed E-state index contributed by atoms with van der Waals surface area (Å²) in [5, 5.41) is 0.510. The van der Waals surface area contributed by atoms with Crippen molar-refractivity contribution in [1.29, 1.82) is 0 Å². The molecule has 3 rings (SSSR count). The van der Waals surface area contributed by atoms with E-state index in [-0.39, 0.29) is 16.8 Å². The number of anilines is 1. The van der Waals surface area contributed by atoms with Crippen LogP contribution in [-0.2, 0) is 10.0 Å². The van der Waals surface area contributed by atoms with Gasteiger partial charge in [-0.15, -0.1) is 0 Å². The van der Waals surface area contributed by atoms with Crippen LogP contribution in [0.4, 0.5) is 5.69 Å². The van der Waals surface area contributed by atoms with Gasteiger partial charge in [-0.05, 0) is 68.7 Å². The molecule has 7 heteroatoms. The zero-order chi connectivity index (χ0) is 18.9. The normalized spacial score (nSPS) is 17.3. The molecule has 0 radical (unpaired) electrons. The number of aryl methyl sites for hydroxylation is 1. The zero-order valence-electron chi connectivity index (χ0n) is 14.7. The minimum atomic E-state index is -3.76. The SMILES string of the molecule is Cc1cc(S(=O)(=O)Nc2cccc(C(=O)N3CCC[C@H]3C)c2)ccc1Cl. The lowest BCUT2D eigenvalue weighted by Gasteiger charge is -2.21. The molecular weight excluding hydrogens is 372 g/mol. The monoisotopic (exact) mass is 392 g/mol. The minimum absolute atomic E-state index is 0.0709. The van der Waals surface area contributed by atoms with Crippen LogP contribution in [-0.4, -0.2) is 31.8 Å². The number of carbonyl (C=O) groups is 1. The lowest BCUT2D eigenvalue weighted by Crippen LogP contribution is -2.33. The average Bonchev–Trinajstić information content (AvgIpc) is 3.02. The van der Waals surface area contributed by atoms with Gasteiger partial charge in [-0.25, -0.2) is 8.42 Å². The first kappa shape index (κ1) is 18.7. The summed E-state index contributed by atoms with van der Waals surface area (Å²) in [5.74, 6) is -0.0709. The molecule has 1 aliphatic heterocycles. The highest BCUT2D eigenvalue weighted by Gasteiger charge is 2.26. The predicted molar refractivity (Wildman–Crippen MR) is 103 cm³/mol. The Morgan fingerprint density at radius 3 is 2.65 bits per heavy atom. The summed E-state index contributed by atoms with van der Waals surface area (Å²) in [5.41, 5.74) is 1.52. The van der Waals surface area contributed by atoms with E-state index in [2.05, 4.69) is 4.72 Å². The van der Waals surface area contributed by atoms with Crippen molar-refractivity contribution < 1.29 is 13.2 Å². The molecule has 0 bridgehead atoms. The quantitative estimate of drug-likeness (QED) is 0.852. The van der Waals surface area contributed by atoms with Crippen LogP contribution in [0.5, 0.6) is 0 Å². The van der Waals surface area contributed by atoms with E-state index in [1.165, 1.54) is 12.1 Å². The summed E-state index contributed by atoms with van der Waals surface area (Å²) in [4.78, 5) is 14.6. The average molecular weight is 393 g/mol. The number of hydrogen-bond donors (Lipinski definition) is 1. The molecule has 0 aliphatic carbocycles. The second-order valence-electron chi connectivity index (χ2n) is 6.59. The number of halogens is 1. The number of sulfonamides is 1. The van der Waals surface area contributed by atoms with Gasteiger partial charge in [0.05, 0.1) is 4.90 Å². The number of amides is 1. The smallest absolute Gasteiger partial charge is 0.261 e. The lowest BCUT2D eigenvalue weighted by atomic mass is 10.1. The molecule has 138 valence electrons. The summed E-state index contributed by atoms with van der Waals surface area (Å²) >= 11 is 5.96. The van der Waals surface area contributed by atoms with Gasteiger partial charge in [-0.1, -0.05) is 17.7 Å². The van der Waals surface area contributed by atoms with E-state index < -0.39 is 10.0 Å². The maximum atomic E-state index is 12.7. The number of rotatable bonds is 4. The maximum absolute atomic E-state index is 12.7. The van der Waals surface area contributed by atoms with Gasteiger partial charge >= 0.3 is 0 Å². The van der Waals surface area contributed by atoms with Crippen LogP contribution in [0, 0.1) is 6.92 Å². The second-order valence-corrected chi connectivity index (χ2v) is 8.68. The van der Waals surface area contributed by atoms with E-state index in [0.29, 0.717) is 21.8 Å². The van der Waals surface area contributed by atoms with Gasteiger partial charge in [-0.2, -0.15) is 0 Å². The molecule has 1 atom stereocenters. The van der Waals surface area contributed by atoms with E-state index in [1.54, 1.807) is 37.3 Å². The van der Waals surface area contributed by atoms with Crippen molar-refractivity contribution >= 4 is 33.2 Å². The fourth-order valence-electron chi connectivity index (χ4n) is 3.11. The van der Waals surface area contributed by atoms with Crippen molar-refractivity contribution in [2.75, 3.05) is 11.3 Å². The standard InChI is InChI=1S/C19H21ClN2O3S/c1-13-11-17(8-9-18(13)20)26(24,25)21-16-7-3-6-15(12-16)19(23)22-10-4-5-14(22)2/h3,6-9,11-12,14,21H,4-5,10H2,1-2H3/t14-/m1/s1. The fourth-order valence-corrected chi connectivity index (χ4v) is 4.37. The van der Waals surface area contributed by atoms with E-state index in [0.717, 1.165) is 19.4 Å². The first-order valence-corrected chi connectivity index (χ1v) is 10.3. The van der Waals surface area contributed by atoms with Crippen LogP contribution in [0.2, 0.25) is 5.02 Å². The van der Waals surface area contributed by atoms with Crippen molar-refractivity contribution in [1.82, 2.24) is 4.90 Å². The molecule has 2 aromatic carbocycles. The molecule has 26 heavy (non-hydrogen) atoms. The summed E-state index contributed by atoms with van der Waals surface area (Å²) in [7, 11) is -3.76. The third-order valence-corrected chi connectivity index (χ3v) is 6.42. The van der Waals surface area contributed by atoms with Crippen LogP contribution in [0.1, 0.15) is 35.7 Å². The van der Waals surface area contributed by atoms with Gasteiger partial charge in [0.25, 0.3) is 15.9 Å². The van der Waals surface area contributed by atoms with Crippen LogP contribution < -0.4 is 4.72 Å². The summed E-state index contributed by atoms with van der Waals surface area (Å²) in [6, 6.07) is 11.3. The van der Waals surface area contributed by atoms with Gasteiger partial charge in [0, 0.05) is 28.9 Å². The Balaban J connectivity index is 1.84. The molecule has 1 saturated heterocycles. The Labute approximate surface area is 159 Å². The third-order valence-electron chi connectivity index (χ3n) is 4.62. The van der Waals surface area contributed by atoms with E-state index in [9.17, 15) is 13.2 Å². The zero-order valence-corrected chi connectivity index (χ0v) is 16.3. The Bertz CT molecular complexity index is 944. The molecule has 5 nitrogen and oxygen atoms in total. The number of nitrogens with zero attached hydrogens (tertiary/aromatic N) is 1. The largest absolute Gasteiger partial charge is 0.336 e.